The molecule has 0 aromatic rings. The van der Waals surface area contributed by atoms with Gasteiger partial charge in [-0.1, -0.05) is 20.8 Å². The normalized spacial score (nSPS) is 49.9. The highest BCUT2D eigenvalue weighted by Crippen LogP contribution is 2.68. The molecule has 2 fully saturated rings. The van der Waals surface area contributed by atoms with Crippen LogP contribution in [0.25, 0.3) is 0 Å². The zero-order chi connectivity index (χ0) is 10.6. The topological polar surface area (TPSA) is 40.5 Å². The van der Waals surface area contributed by atoms with E-state index >= 15 is 0 Å². The molecule has 2 rings (SSSR count). The van der Waals surface area contributed by atoms with Gasteiger partial charge in [-0.3, -0.25) is 0 Å². The first-order valence-corrected chi connectivity index (χ1v) is 5.71. The minimum absolute atomic E-state index is 0.0380. The minimum Gasteiger partial charge on any atom is -0.396 e. The van der Waals surface area contributed by atoms with E-state index in [4.69, 9.17) is 5.11 Å². The summed E-state index contributed by atoms with van der Waals surface area (Å²) >= 11 is 0. The highest BCUT2D eigenvalue weighted by molar-refractivity contribution is 5.12. The fourth-order valence-corrected chi connectivity index (χ4v) is 3.42. The van der Waals surface area contributed by atoms with Gasteiger partial charge in [0.25, 0.3) is 0 Å². The molecule has 2 N–H and O–H groups in total. The van der Waals surface area contributed by atoms with Gasteiger partial charge >= 0.3 is 0 Å². The monoisotopic (exact) mass is 198 g/mol. The lowest BCUT2D eigenvalue weighted by Gasteiger charge is -2.37. The molecule has 14 heavy (non-hydrogen) atoms. The quantitative estimate of drug-likeness (QED) is 0.710. The summed E-state index contributed by atoms with van der Waals surface area (Å²) in [6.45, 7) is 6.93. The van der Waals surface area contributed by atoms with Crippen molar-refractivity contribution in [3.8, 4) is 0 Å². The Morgan fingerprint density at radius 2 is 1.86 bits per heavy atom. The highest BCUT2D eigenvalue weighted by atomic mass is 16.3. The van der Waals surface area contributed by atoms with Crippen LogP contribution < -0.4 is 0 Å². The van der Waals surface area contributed by atoms with Gasteiger partial charge < -0.3 is 10.2 Å². The summed E-state index contributed by atoms with van der Waals surface area (Å²) < 4.78 is 0. The van der Waals surface area contributed by atoms with E-state index in [0.717, 1.165) is 31.1 Å². The second-order valence-electron chi connectivity index (χ2n) is 6.12. The van der Waals surface area contributed by atoms with Crippen molar-refractivity contribution in [3.05, 3.63) is 0 Å². The van der Waals surface area contributed by atoms with Crippen LogP contribution in [0, 0.1) is 22.7 Å². The van der Waals surface area contributed by atoms with Gasteiger partial charge in [0.05, 0.1) is 6.10 Å². The van der Waals surface area contributed by atoms with Gasteiger partial charge in [0.2, 0.25) is 0 Å². The fraction of sp³-hybridized carbons (Fsp3) is 1.00. The van der Waals surface area contributed by atoms with Crippen LogP contribution in [0.5, 0.6) is 0 Å². The van der Waals surface area contributed by atoms with Crippen molar-refractivity contribution in [2.24, 2.45) is 22.7 Å². The van der Waals surface area contributed by atoms with E-state index in [9.17, 15) is 5.11 Å². The van der Waals surface area contributed by atoms with Gasteiger partial charge in [0, 0.05) is 6.61 Å². The van der Waals surface area contributed by atoms with Crippen LogP contribution in [-0.2, 0) is 0 Å². The van der Waals surface area contributed by atoms with Gasteiger partial charge in [-0.25, -0.2) is 0 Å². The van der Waals surface area contributed by atoms with E-state index in [1.165, 1.54) is 0 Å². The molecule has 0 aromatic heterocycles. The summed E-state index contributed by atoms with van der Waals surface area (Å²) in [6, 6.07) is 0. The average molecular weight is 198 g/mol. The van der Waals surface area contributed by atoms with Crippen LogP contribution in [0.3, 0.4) is 0 Å². The first kappa shape index (κ1) is 10.4. The summed E-state index contributed by atoms with van der Waals surface area (Å²) in [7, 11) is 0. The van der Waals surface area contributed by atoms with Crippen molar-refractivity contribution in [1.82, 2.24) is 0 Å². The molecular weight excluding hydrogens is 176 g/mol. The van der Waals surface area contributed by atoms with E-state index in [1.807, 2.05) is 0 Å². The lowest BCUT2D eigenvalue weighted by atomic mass is 9.71. The van der Waals surface area contributed by atoms with Crippen LogP contribution in [-0.4, -0.2) is 22.9 Å². The molecule has 82 valence electrons. The van der Waals surface area contributed by atoms with Crippen molar-refractivity contribution in [1.29, 1.82) is 0 Å². The largest absolute Gasteiger partial charge is 0.396 e. The predicted octanol–water partition coefficient (Wildman–Crippen LogP) is 1.80. The molecule has 0 spiro atoms. The number of hydrogen-bond acceptors (Lipinski definition) is 2. The zero-order valence-electron chi connectivity index (χ0n) is 9.45. The third-order valence-electron chi connectivity index (χ3n) is 4.94. The highest BCUT2D eigenvalue weighted by Gasteiger charge is 2.63. The Bertz CT molecular complexity index is 236. The number of aliphatic hydroxyl groups excluding tert-OH is 2. The molecule has 2 saturated carbocycles. The third kappa shape index (κ3) is 1.31. The van der Waals surface area contributed by atoms with E-state index < -0.39 is 0 Å². The Morgan fingerprint density at radius 1 is 1.21 bits per heavy atom. The molecule has 0 heterocycles. The van der Waals surface area contributed by atoms with Crippen molar-refractivity contribution < 1.29 is 10.2 Å². The van der Waals surface area contributed by atoms with Gasteiger partial charge in [-0.15, -0.1) is 0 Å². The smallest absolute Gasteiger partial charge is 0.0597 e. The van der Waals surface area contributed by atoms with E-state index in [1.54, 1.807) is 0 Å². The van der Waals surface area contributed by atoms with Gasteiger partial charge in [0.1, 0.15) is 0 Å². The minimum atomic E-state index is -0.210. The molecule has 0 amide bonds. The molecule has 0 aromatic carbocycles. The van der Waals surface area contributed by atoms with Crippen molar-refractivity contribution in [2.75, 3.05) is 6.61 Å². The number of rotatable bonds is 2. The maximum Gasteiger partial charge on any atom is 0.0597 e. The fourth-order valence-electron chi connectivity index (χ4n) is 3.42. The van der Waals surface area contributed by atoms with Crippen molar-refractivity contribution in [3.63, 3.8) is 0 Å². The Balaban J connectivity index is 2.09. The summed E-state index contributed by atoms with van der Waals surface area (Å²) in [6.07, 6.45) is 2.56. The number of aliphatic hydroxyl groups is 2. The Kier molecular flexibility index (Phi) is 2.20. The number of hydrogen-bond donors (Lipinski definition) is 2. The standard InChI is InChI=1S/C12H22O2/c1-11(2)8-6-10(14)12(3,4-5-13)7-9(8)11/h8-10,13-14H,4-7H2,1-3H3. The Labute approximate surface area is 86.3 Å². The molecular formula is C12H22O2. The van der Waals surface area contributed by atoms with Crippen LogP contribution in [0.2, 0.25) is 0 Å². The van der Waals surface area contributed by atoms with Gasteiger partial charge in [-0.05, 0) is 41.9 Å². The number of fused-ring (bicyclic) bond motifs is 1. The summed E-state index contributed by atoms with van der Waals surface area (Å²) in [5, 5.41) is 19.1. The van der Waals surface area contributed by atoms with Crippen LogP contribution in [0.15, 0.2) is 0 Å². The van der Waals surface area contributed by atoms with E-state index in [2.05, 4.69) is 20.8 Å². The maximum absolute atomic E-state index is 10.1. The van der Waals surface area contributed by atoms with Crippen LogP contribution >= 0.6 is 0 Å². The van der Waals surface area contributed by atoms with Crippen molar-refractivity contribution in [2.45, 2.75) is 46.1 Å². The summed E-state index contributed by atoms with van der Waals surface area (Å²) in [5.74, 6) is 1.51. The van der Waals surface area contributed by atoms with Crippen LogP contribution in [0.4, 0.5) is 0 Å². The lowest BCUT2D eigenvalue weighted by molar-refractivity contribution is -0.0182. The molecule has 0 saturated heterocycles. The molecule has 2 aliphatic rings. The molecule has 4 atom stereocenters. The molecule has 0 radical (unpaired) electrons. The predicted molar refractivity (Wildman–Crippen MR) is 55.8 cm³/mol. The Hall–Kier alpha value is -0.0800. The molecule has 4 unspecified atom stereocenters. The van der Waals surface area contributed by atoms with E-state index in [-0.39, 0.29) is 18.1 Å². The lowest BCUT2D eigenvalue weighted by Crippen LogP contribution is -2.37. The van der Waals surface area contributed by atoms with E-state index in [0.29, 0.717) is 5.41 Å². The van der Waals surface area contributed by atoms with Gasteiger partial charge in [-0.2, -0.15) is 0 Å². The average Bonchev–Trinajstić information content (AvgIpc) is 2.56. The molecule has 0 bridgehead atoms. The van der Waals surface area contributed by atoms with Gasteiger partial charge in [0.15, 0.2) is 0 Å². The van der Waals surface area contributed by atoms with Crippen molar-refractivity contribution >= 4 is 0 Å². The second-order valence-corrected chi connectivity index (χ2v) is 6.12. The molecule has 2 nitrogen and oxygen atoms in total. The summed E-state index contributed by atoms with van der Waals surface area (Å²) in [5.41, 5.74) is 0.401. The second kappa shape index (κ2) is 2.96. The van der Waals surface area contributed by atoms with Crippen LogP contribution in [0.1, 0.15) is 40.0 Å². The first-order chi connectivity index (χ1) is 6.42. The molecule has 2 heteroatoms. The maximum atomic E-state index is 10.1. The zero-order valence-corrected chi connectivity index (χ0v) is 9.45. The molecule has 0 aliphatic heterocycles. The Morgan fingerprint density at radius 3 is 2.43 bits per heavy atom. The molecule has 2 aliphatic carbocycles. The SMILES string of the molecule is CC1(CCO)CC2C(CC1O)C2(C)C. The summed E-state index contributed by atoms with van der Waals surface area (Å²) in [4.78, 5) is 0. The third-order valence-corrected chi connectivity index (χ3v) is 4.94. The first-order valence-electron chi connectivity index (χ1n) is 5.71.